The van der Waals surface area contributed by atoms with Crippen LogP contribution in [-0.4, -0.2) is 9.78 Å². The number of nitrogens with one attached hydrogen (secondary N) is 1. The highest BCUT2D eigenvalue weighted by molar-refractivity contribution is 7.10. The van der Waals surface area contributed by atoms with Crippen molar-refractivity contribution >= 4 is 11.3 Å². The van der Waals surface area contributed by atoms with Crippen LogP contribution in [0.5, 0.6) is 0 Å². The average Bonchev–Trinajstić information content (AvgIpc) is 2.88. The number of hydrogen-bond acceptors (Lipinski definition) is 3. The maximum Gasteiger partial charge on any atom is 0.0543 e. The summed E-state index contributed by atoms with van der Waals surface area (Å²) in [6.45, 7) is 10.4. The van der Waals surface area contributed by atoms with Gasteiger partial charge in [-0.3, -0.25) is 4.68 Å². The van der Waals surface area contributed by atoms with Crippen LogP contribution in [0, 0.1) is 6.92 Å². The molecule has 0 fully saturated rings. The number of nitrogens with zero attached hydrogens (tertiary/aromatic N) is 2. The first-order chi connectivity index (χ1) is 8.47. The number of rotatable bonds is 4. The third-order valence-corrected chi connectivity index (χ3v) is 3.93. The molecule has 98 valence electrons. The summed E-state index contributed by atoms with van der Waals surface area (Å²) < 4.78 is 2.01. The second-order valence-corrected chi connectivity index (χ2v) is 6.59. The van der Waals surface area contributed by atoms with Crippen molar-refractivity contribution in [1.29, 1.82) is 0 Å². The zero-order valence-electron chi connectivity index (χ0n) is 11.5. The second kappa shape index (κ2) is 5.24. The van der Waals surface area contributed by atoms with Crippen LogP contribution >= 0.6 is 11.3 Å². The van der Waals surface area contributed by atoms with E-state index >= 15 is 0 Å². The Kier molecular flexibility index (Phi) is 3.88. The van der Waals surface area contributed by atoms with Gasteiger partial charge in [0.25, 0.3) is 0 Å². The third kappa shape index (κ3) is 3.21. The number of aromatic nitrogens is 2. The lowest BCUT2D eigenvalue weighted by atomic mass is 10.1. The van der Waals surface area contributed by atoms with Gasteiger partial charge in [-0.2, -0.15) is 5.10 Å². The number of aryl methyl sites for hydroxylation is 1. The zero-order chi connectivity index (χ0) is 13.2. The van der Waals surface area contributed by atoms with Crippen LogP contribution < -0.4 is 5.32 Å². The van der Waals surface area contributed by atoms with Gasteiger partial charge in [0.2, 0.25) is 0 Å². The van der Waals surface area contributed by atoms with Gasteiger partial charge in [0, 0.05) is 29.7 Å². The zero-order valence-corrected chi connectivity index (χ0v) is 12.3. The molecule has 0 spiro atoms. The van der Waals surface area contributed by atoms with Crippen molar-refractivity contribution in [2.75, 3.05) is 0 Å². The third-order valence-electron chi connectivity index (χ3n) is 2.91. The van der Waals surface area contributed by atoms with Crippen molar-refractivity contribution in [3.63, 3.8) is 0 Å². The molecular formula is C14H21N3S. The van der Waals surface area contributed by atoms with Gasteiger partial charge in [0.05, 0.1) is 11.7 Å². The Hall–Kier alpha value is -1.13. The van der Waals surface area contributed by atoms with Crippen LogP contribution in [0.3, 0.4) is 0 Å². The summed E-state index contributed by atoms with van der Waals surface area (Å²) in [5.74, 6) is 0. The van der Waals surface area contributed by atoms with E-state index in [-0.39, 0.29) is 5.54 Å². The first-order valence-corrected chi connectivity index (χ1v) is 7.12. The predicted molar refractivity (Wildman–Crippen MR) is 76.8 cm³/mol. The maximum atomic E-state index is 4.40. The van der Waals surface area contributed by atoms with E-state index < -0.39 is 0 Å². The molecule has 0 atom stereocenters. The van der Waals surface area contributed by atoms with E-state index in [9.17, 15) is 0 Å². The average molecular weight is 263 g/mol. The largest absolute Gasteiger partial charge is 0.308 e. The predicted octanol–water partition coefficient (Wildman–Crippen LogP) is 3.30. The lowest BCUT2D eigenvalue weighted by molar-refractivity contribution is 0.355. The van der Waals surface area contributed by atoms with E-state index in [0.29, 0.717) is 0 Å². The van der Waals surface area contributed by atoms with Gasteiger partial charge in [-0.25, -0.2) is 0 Å². The summed E-state index contributed by atoms with van der Waals surface area (Å²) in [7, 11) is 0. The fourth-order valence-corrected chi connectivity index (χ4v) is 2.60. The molecule has 2 aromatic heterocycles. The quantitative estimate of drug-likeness (QED) is 0.917. The monoisotopic (exact) mass is 263 g/mol. The summed E-state index contributed by atoms with van der Waals surface area (Å²) in [6.07, 6.45) is 4.06. The molecule has 2 aromatic rings. The van der Waals surface area contributed by atoms with Crippen LogP contribution in [0.2, 0.25) is 0 Å². The van der Waals surface area contributed by atoms with Gasteiger partial charge in [0.1, 0.15) is 0 Å². The molecule has 1 N–H and O–H groups in total. The summed E-state index contributed by atoms with van der Waals surface area (Å²) >= 11 is 1.81. The summed E-state index contributed by atoms with van der Waals surface area (Å²) in [6, 6.07) is 2.17. The molecule has 0 radical (unpaired) electrons. The molecule has 0 aromatic carbocycles. The van der Waals surface area contributed by atoms with Crippen LogP contribution in [-0.2, 0) is 18.6 Å². The Morgan fingerprint density at radius 3 is 2.67 bits per heavy atom. The van der Waals surface area contributed by atoms with E-state index in [4.69, 9.17) is 0 Å². The molecule has 0 unspecified atom stereocenters. The molecule has 2 rings (SSSR count). The minimum atomic E-state index is 0.0581. The normalized spacial score (nSPS) is 12.0. The van der Waals surface area contributed by atoms with Gasteiger partial charge < -0.3 is 5.32 Å². The van der Waals surface area contributed by atoms with Crippen LogP contribution in [0.4, 0.5) is 0 Å². The topological polar surface area (TPSA) is 29.9 Å². The lowest BCUT2D eigenvalue weighted by Crippen LogP contribution is -2.22. The van der Waals surface area contributed by atoms with E-state index in [2.05, 4.69) is 55.8 Å². The van der Waals surface area contributed by atoms with Crippen molar-refractivity contribution in [2.24, 2.45) is 0 Å². The Balaban J connectivity index is 1.88. The van der Waals surface area contributed by atoms with E-state index in [0.717, 1.165) is 13.1 Å². The Morgan fingerprint density at radius 2 is 2.11 bits per heavy atom. The molecule has 0 bridgehead atoms. The number of thiophene rings is 1. The molecule has 0 aliphatic rings. The molecule has 0 aliphatic carbocycles. The smallest absolute Gasteiger partial charge is 0.0543 e. The highest BCUT2D eigenvalue weighted by atomic mass is 32.1. The Morgan fingerprint density at radius 1 is 1.33 bits per heavy atom. The molecule has 0 amide bonds. The molecular weight excluding hydrogens is 242 g/mol. The van der Waals surface area contributed by atoms with Gasteiger partial charge in [-0.05, 0) is 44.7 Å². The molecule has 0 saturated carbocycles. The van der Waals surface area contributed by atoms with Crippen molar-refractivity contribution < 1.29 is 0 Å². The Labute approximate surface area is 113 Å². The van der Waals surface area contributed by atoms with Gasteiger partial charge in [-0.15, -0.1) is 11.3 Å². The summed E-state index contributed by atoms with van der Waals surface area (Å²) in [4.78, 5) is 1.42. The van der Waals surface area contributed by atoms with Crippen molar-refractivity contribution in [2.45, 2.75) is 46.3 Å². The van der Waals surface area contributed by atoms with E-state index in [1.165, 1.54) is 16.0 Å². The van der Waals surface area contributed by atoms with Crippen molar-refractivity contribution in [3.8, 4) is 0 Å². The first-order valence-electron chi connectivity index (χ1n) is 6.24. The fourth-order valence-electron chi connectivity index (χ4n) is 1.72. The maximum absolute atomic E-state index is 4.40. The fraction of sp³-hybridized carbons (Fsp3) is 0.500. The lowest BCUT2D eigenvalue weighted by Gasteiger charge is -2.18. The Bertz CT molecular complexity index is 505. The molecule has 3 nitrogen and oxygen atoms in total. The first kappa shape index (κ1) is 13.3. The number of hydrogen-bond donors (Lipinski definition) is 1. The van der Waals surface area contributed by atoms with Crippen molar-refractivity contribution in [3.05, 3.63) is 39.8 Å². The van der Waals surface area contributed by atoms with Gasteiger partial charge in [0.15, 0.2) is 0 Å². The van der Waals surface area contributed by atoms with E-state index in [1.54, 1.807) is 0 Å². The molecule has 4 heteroatoms. The van der Waals surface area contributed by atoms with Crippen LogP contribution in [0.1, 0.15) is 36.8 Å². The highest BCUT2D eigenvalue weighted by Gasteiger charge is 2.13. The van der Waals surface area contributed by atoms with Crippen molar-refractivity contribution in [1.82, 2.24) is 15.1 Å². The molecule has 0 aliphatic heterocycles. The van der Waals surface area contributed by atoms with Crippen LogP contribution in [0.15, 0.2) is 23.8 Å². The summed E-state index contributed by atoms with van der Waals surface area (Å²) in [5, 5.41) is 10.0. The molecule has 18 heavy (non-hydrogen) atoms. The van der Waals surface area contributed by atoms with Gasteiger partial charge in [-0.1, -0.05) is 0 Å². The van der Waals surface area contributed by atoms with Gasteiger partial charge >= 0.3 is 0 Å². The summed E-state index contributed by atoms with van der Waals surface area (Å²) in [5.41, 5.74) is 2.67. The SMILES string of the molecule is Cc1ccsc1CNCc1cnn(C(C)(C)C)c1. The second-order valence-electron chi connectivity index (χ2n) is 5.59. The standard InChI is InChI=1S/C14H21N3S/c1-11-5-6-18-13(11)9-15-7-12-8-16-17(10-12)14(2,3)4/h5-6,8,10,15H,7,9H2,1-4H3. The van der Waals surface area contributed by atoms with Crippen LogP contribution in [0.25, 0.3) is 0 Å². The minimum Gasteiger partial charge on any atom is -0.308 e. The minimum absolute atomic E-state index is 0.0581. The molecule has 0 saturated heterocycles. The highest BCUT2D eigenvalue weighted by Crippen LogP contribution is 2.16. The molecule has 2 heterocycles. The van der Waals surface area contributed by atoms with E-state index in [1.807, 2.05) is 22.2 Å².